The summed E-state index contributed by atoms with van der Waals surface area (Å²) in [5, 5.41) is 0. The minimum absolute atomic E-state index is 0.0501. The summed E-state index contributed by atoms with van der Waals surface area (Å²) in [6.07, 6.45) is 1.73. The lowest BCUT2D eigenvalue weighted by Crippen LogP contribution is -2.35. The zero-order valence-electron chi connectivity index (χ0n) is 13.9. The van der Waals surface area contributed by atoms with Gasteiger partial charge in [-0.3, -0.25) is 9.36 Å². The topological polar surface area (TPSA) is 53.4 Å². The van der Waals surface area contributed by atoms with Crippen LogP contribution in [-0.4, -0.2) is 30.3 Å². The standard InChI is InChI=1S/C15H28N2O3Si/c1-6-19-12-17-14(10-16-15(17)13(5)18)11-20-21(7-2,8-3)9-4/h10H,6-9,11-12H2,1-5H3. The van der Waals surface area contributed by atoms with Gasteiger partial charge < -0.3 is 9.16 Å². The van der Waals surface area contributed by atoms with Crippen molar-refractivity contribution in [1.29, 1.82) is 0 Å². The Morgan fingerprint density at radius 3 is 2.33 bits per heavy atom. The van der Waals surface area contributed by atoms with Gasteiger partial charge in [0.2, 0.25) is 0 Å². The smallest absolute Gasteiger partial charge is 0.195 e. The second-order valence-electron chi connectivity index (χ2n) is 5.21. The number of rotatable bonds is 10. The molecule has 120 valence electrons. The van der Waals surface area contributed by atoms with Crippen molar-refractivity contribution in [2.24, 2.45) is 0 Å². The van der Waals surface area contributed by atoms with E-state index in [1.54, 1.807) is 6.20 Å². The van der Waals surface area contributed by atoms with Crippen molar-refractivity contribution in [3.8, 4) is 0 Å². The molecule has 6 heteroatoms. The number of aromatic nitrogens is 2. The van der Waals surface area contributed by atoms with Crippen LogP contribution >= 0.6 is 0 Å². The summed E-state index contributed by atoms with van der Waals surface area (Å²) in [6.45, 7) is 11.5. The van der Waals surface area contributed by atoms with E-state index in [9.17, 15) is 4.79 Å². The molecule has 1 aromatic heterocycles. The molecule has 0 saturated heterocycles. The van der Waals surface area contributed by atoms with Crippen LogP contribution in [0.2, 0.25) is 18.1 Å². The van der Waals surface area contributed by atoms with Gasteiger partial charge in [0.25, 0.3) is 0 Å². The van der Waals surface area contributed by atoms with E-state index >= 15 is 0 Å². The molecule has 5 nitrogen and oxygen atoms in total. The summed E-state index contributed by atoms with van der Waals surface area (Å²) in [4.78, 5) is 15.9. The van der Waals surface area contributed by atoms with Gasteiger partial charge in [0, 0.05) is 13.5 Å². The molecule has 0 unspecified atom stereocenters. The van der Waals surface area contributed by atoms with Crippen LogP contribution in [0.1, 0.15) is 50.9 Å². The van der Waals surface area contributed by atoms with Crippen molar-refractivity contribution in [2.45, 2.75) is 66.1 Å². The number of hydrogen-bond acceptors (Lipinski definition) is 4. The van der Waals surface area contributed by atoms with Crippen molar-refractivity contribution in [2.75, 3.05) is 6.61 Å². The molecule has 21 heavy (non-hydrogen) atoms. The number of Topliss-reactive ketones (excluding diaryl/α,β-unsaturated/α-hetero) is 1. The van der Waals surface area contributed by atoms with Crippen molar-refractivity contribution < 1.29 is 14.0 Å². The largest absolute Gasteiger partial charge is 0.411 e. The van der Waals surface area contributed by atoms with E-state index in [0.717, 1.165) is 23.8 Å². The molecule has 0 aliphatic heterocycles. The van der Waals surface area contributed by atoms with Gasteiger partial charge >= 0.3 is 0 Å². The molecule has 1 aromatic rings. The first kappa shape index (κ1) is 18.1. The summed E-state index contributed by atoms with van der Waals surface area (Å²) >= 11 is 0. The van der Waals surface area contributed by atoms with E-state index in [-0.39, 0.29) is 5.78 Å². The van der Waals surface area contributed by atoms with Crippen LogP contribution in [0.15, 0.2) is 6.20 Å². The molecule has 0 fully saturated rings. The fourth-order valence-electron chi connectivity index (χ4n) is 2.42. The molecule has 0 saturated carbocycles. The highest BCUT2D eigenvalue weighted by atomic mass is 28.4. The summed E-state index contributed by atoms with van der Waals surface area (Å²) in [5.41, 5.74) is 0.917. The van der Waals surface area contributed by atoms with Crippen molar-refractivity contribution in [3.05, 3.63) is 17.7 Å². The first-order chi connectivity index (χ1) is 10.0. The van der Waals surface area contributed by atoms with Crippen LogP contribution in [0, 0.1) is 0 Å². The van der Waals surface area contributed by atoms with Crippen LogP contribution in [0.25, 0.3) is 0 Å². The lowest BCUT2D eigenvalue weighted by atomic mass is 10.4. The van der Waals surface area contributed by atoms with Crippen molar-refractivity contribution in [3.63, 3.8) is 0 Å². The van der Waals surface area contributed by atoms with Gasteiger partial charge in [0.15, 0.2) is 19.9 Å². The molecule has 0 radical (unpaired) electrons. The SMILES string of the molecule is CCOCn1c(CO[Si](CC)(CC)CC)cnc1C(C)=O. The molecule has 0 aliphatic rings. The molecule has 0 N–H and O–H groups in total. The van der Waals surface area contributed by atoms with Crippen molar-refractivity contribution in [1.82, 2.24) is 9.55 Å². The third kappa shape index (κ3) is 4.49. The van der Waals surface area contributed by atoms with Crippen LogP contribution in [0.4, 0.5) is 0 Å². The number of carbonyl (C=O) groups is 1. The molecular weight excluding hydrogens is 284 g/mol. The molecule has 0 amide bonds. The quantitative estimate of drug-likeness (QED) is 0.489. The summed E-state index contributed by atoms with van der Waals surface area (Å²) < 4.78 is 13.6. The molecular formula is C15H28N2O3Si. The van der Waals surface area contributed by atoms with E-state index < -0.39 is 8.32 Å². The highest BCUT2D eigenvalue weighted by molar-refractivity contribution is 6.73. The zero-order valence-corrected chi connectivity index (χ0v) is 14.9. The first-order valence-electron chi connectivity index (χ1n) is 7.80. The fraction of sp³-hybridized carbons (Fsp3) is 0.733. The van der Waals surface area contributed by atoms with Gasteiger partial charge in [-0.05, 0) is 25.1 Å². The number of imidazole rings is 1. The fourth-order valence-corrected chi connectivity index (χ4v) is 4.98. The second-order valence-corrected chi connectivity index (χ2v) is 9.99. The summed E-state index contributed by atoms with van der Waals surface area (Å²) in [6, 6.07) is 3.33. The number of ether oxygens (including phenoxy) is 1. The normalized spacial score (nSPS) is 11.9. The summed E-state index contributed by atoms with van der Waals surface area (Å²) in [7, 11) is -1.64. The lowest BCUT2D eigenvalue weighted by Gasteiger charge is -2.28. The third-order valence-electron chi connectivity index (χ3n) is 4.14. The molecule has 0 spiro atoms. The van der Waals surface area contributed by atoms with Gasteiger partial charge in [0.05, 0.1) is 18.5 Å². The van der Waals surface area contributed by atoms with Crippen LogP contribution in [0.5, 0.6) is 0 Å². The highest BCUT2D eigenvalue weighted by Gasteiger charge is 2.29. The van der Waals surface area contributed by atoms with Crippen LogP contribution in [-0.2, 0) is 22.5 Å². The molecule has 1 rings (SSSR count). The molecule has 0 aromatic carbocycles. The minimum atomic E-state index is -1.64. The van der Waals surface area contributed by atoms with E-state index in [1.807, 2.05) is 11.5 Å². The van der Waals surface area contributed by atoms with Gasteiger partial charge in [-0.15, -0.1) is 0 Å². The Balaban J connectivity index is 2.89. The minimum Gasteiger partial charge on any atom is -0.411 e. The van der Waals surface area contributed by atoms with Gasteiger partial charge in [-0.2, -0.15) is 0 Å². The van der Waals surface area contributed by atoms with E-state index in [0.29, 0.717) is 25.8 Å². The van der Waals surface area contributed by atoms with Gasteiger partial charge in [-0.1, -0.05) is 20.8 Å². The highest BCUT2D eigenvalue weighted by Crippen LogP contribution is 2.23. The average Bonchev–Trinajstić information content (AvgIpc) is 2.90. The zero-order chi connectivity index (χ0) is 15.9. The Labute approximate surface area is 128 Å². The second kappa shape index (κ2) is 8.46. The molecule has 0 atom stereocenters. The molecule has 0 bridgehead atoms. The Morgan fingerprint density at radius 2 is 1.86 bits per heavy atom. The Morgan fingerprint density at radius 1 is 1.24 bits per heavy atom. The Hall–Kier alpha value is -0.983. The monoisotopic (exact) mass is 312 g/mol. The summed E-state index contributed by atoms with van der Waals surface area (Å²) in [5.74, 6) is 0.393. The van der Waals surface area contributed by atoms with E-state index in [4.69, 9.17) is 9.16 Å². The van der Waals surface area contributed by atoms with Gasteiger partial charge in [0.1, 0.15) is 6.73 Å². The van der Waals surface area contributed by atoms with E-state index in [2.05, 4.69) is 25.8 Å². The Kier molecular flexibility index (Phi) is 7.28. The number of carbonyl (C=O) groups excluding carboxylic acids is 1. The average molecular weight is 312 g/mol. The van der Waals surface area contributed by atoms with E-state index in [1.165, 1.54) is 6.92 Å². The predicted molar refractivity (Wildman–Crippen MR) is 85.8 cm³/mol. The first-order valence-corrected chi connectivity index (χ1v) is 10.3. The van der Waals surface area contributed by atoms with Crippen LogP contribution in [0.3, 0.4) is 0 Å². The lowest BCUT2D eigenvalue weighted by molar-refractivity contribution is 0.0773. The number of nitrogens with zero attached hydrogens (tertiary/aromatic N) is 2. The van der Waals surface area contributed by atoms with Gasteiger partial charge in [-0.25, -0.2) is 4.98 Å². The predicted octanol–water partition coefficient (Wildman–Crippen LogP) is 3.60. The maximum Gasteiger partial charge on any atom is 0.195 e. The van der Waals surface area contributed by atoms with Crippen molar-refractivity contribution >= 4 is 14.1 Å². The molecule has 1 heterocycles. The molecule has 0 aliphatic carbocycles. The number of hydrogen-bond donors (Lipinski definition) is 0. The van der Waals surface area contributed by atoms with Crippen LogP contribution < -0.4 is 0 Å². The maximum atomic E-state index is 11.6. The number of ketones is 1. The Bertz CT molecular complexity index is 448. The third-order valence-corrected chi connectivity index (χ3v) is 8.76. The maximum absolute atomic E-state index is 11.6.